The summed E-state index contributed by atoms with van der Waals surface area (Å²) in [5.74, 6) is 0.196. The molecule has 0 aliphatic rings. The first-order chi connectivity index (χ1) is 6.72. The van der Waals surface area contributed by atoms with Gasteiger partial charge in [0.15, 0.2) is 0 Å². The summed E-state index contributed by atoms with van der Waals surface area (Å²) in [5.41, 5.74) is 0.915. The fourth-order valence-electron chi connectivity index (χ4n) is 1.25. The molecule has 1 heterocycles. The van der Waals surface area contributed by atoms with Crippen molar-refractivity contribution in [3.63, 3.8) is 0 Å². The molecule has 78 valence electrons. The predicted molar refractivity (Wildman–Crippen MR) is 53.2 cm³/mol. The van der Waals surface area contributed by atoms with Crippen LogP contribution in [-0.2, 0) is 17.6 Å². The Morgan fingerprint density at radius 3 is 3.00 bits per heavy atom. The van der Waals surface area contributed by atoms with E-state index in [0.717, 1.165) is 30.8 Å². The molecule has 2 N–H and O–H groups in total. The van der Waals surface area contributed by atoms with Crippen molar-refractivity contribution in [3.05, 3.63) is 17.7 Å². The summed E-state index contributed by atoms with van der Waals surface area (Å²) in [4.78, 5) is 17.6. The number of aryl methyl sites for hydroxylation is 2. The third kappa shape index (κ3) is 3.60. The number of unbranched alkanes of at least 4 members (excludes halogenated alkanes) is 1. The lowest BCUT2D eigenvalue weighted by Gasteiger charge is -1.94. The van der Waals surface area contributed by atoms with Crippen molar-refractivity contribution in [3.8, 4) is 0 Å². The molecule has 0 spiro atoms. The minimum absolute atomic E-state index is 0.162. The topological polar surface area (TPSA) is 66.0 Å². The molecule has 0 fully saturated rings. The third-order valence-corrected chi connectivity index (χ3v) is 2.06. The smallest absolute Gasteiger partial charge is 0.303 e. The molecule has 0 bridgehead atoms. The van der Waals surface area contributed by atoms with E-state index >= 15 is 0 Å². The van der Waals surface area contributed by atoms with Gasteiger partial charge in [-0.25, -0.2) is 4.98 Å². The molecule has 0 saturated heterocycles. The van der Waals surface area contributed by atoms with Crippen LogP contribution in [0.15, 0.2) is 6.20 Å². The van der Waals surface area contributed by atoms with Crippen molar-refractivity contribution in [2.45, 2.75) is 39.0 Å². The molecule has 0 aliphatic carbocycles. The maximum Gasteiger partial charge on any atom is 0.303 e. The highest BCUT2D eigenvalue weighted by atomic mass is 16.4. The summed E-state index contributed by atoms with van der Waals surface area (Å²) in [6, 6.07) is 0. The van der Waals surface area contributed by atoms with Gasteiger partial charge in [-0.3, -0.25) is 4.79 Å². The van der Waals surface area contributed by atoms with Gasteiger partial charge in [-0.1, -0.05) is 13.3 Å². The zero-order chi connectivity index (χ0) is 10.4. The lowest BCUT2D eigenvalue weighted by Crippen LogP contribution is -1.97. The molecule has 14 heavy (non-hydrogen) atoms. The van der Waals surface area contributed by atoms with Crippen LogP contribution in [0.3, 0.4) is 0 Å². The summed E-state index contributed by atoms with van der Waals surface area (Å²) in [6.07, 6.45) is 5.64. The van der Waals surface area contributed by atoms with Crippen molar-refractivity contribution in [2.24, 2.45) is 0 Å². The van der Waals surface area contributed by atoms with Crippen LogP contribution in [0, 0.1) is 0 Å². The molecular formula is C10H16N2O2. The second-order valence-electron chi connectivity index (χ2n) is 3.35. The lowest BCUT2D eigenvalue weighted by molar-refractivity contribution is -0.136. The van der Waals surface area contributed by atoms with E-state index in [0.29, 0.717) is 6.42 Å². The summed E-state index contributed by atoms with van der Waals surface area (Å²) < 4.78 is 0. The van der Waals surface area contributed by atoms with Crippen molar-refractivity contribution < 1.29 is 9.90 Å². The summed E-state index contributed by atoms with van der Waals surface area (Å²) >= 11 is 0. The van der Waals surface area contributed by atoms with Crippen LogP contribution in [0.25, 0.3) is 0 Å². The number of carboxylic acid groups (broad SMARTS) is 1. The normalized spacial score (nSPS) is 10.4. The number of H-pyrrole nitrogens is 1. The van der Waals surface area contributed by atoms with E-state index in [2.05, 4.69) is 16.9 Å². The Morgan fingerprint density at radius 1 is 1.57 bits per heavy atom. The molecule has 4 heteroatoms. The van der Waals surface area contributed by atoms with Crippen LogP contribution in [0.2, 0.25) is 0 Å². The summed E-state index contributed by atoms with van der Waals surface area (Å²) in [5, 5.41) is 8.49. The molecule has 0 unspecified atom stereocenters. The van der Waals surface area contributed by atoms with E-state index in [4.69, 9.17) is 5.11 Å². The average molecular weight is 196 g/mol. The van der Waals surface area contributed by atoms with Gasteiger partial charge < -0.3 is 10.1 Å². The minimum atomic E-state index is -0.769. The van der Waals surface area contributed by atoms with E-state index in [9.17, 15) is 4.79 Å². The van der Waals surface area contributed by atoms with Crippen molar-refractivity contribution >= 4 is 5.97 Å². The highest BCUT2D eigenvalue weighted by molar-refractivity contribution is 5.66. The Labute approximate surface area is 83.4 Å². The zero-order valence-electron chi connectivity index (χ0n) is 8.42. The first-order valence-electron chi connectivity index (χ1n) is 4.97. The summed E-state index contributed by atoms with van der Waals surface area (Å²) in [6.45, 7) is 2.13. The van der Waals surface area contributed by atoms with Crippen LogP contribution in [0.4, 0.5) is 0 Å². The second kappa shape index (κ2) is 5.42. The van der Waals surface area contributed by atoms with Gasteiger partial charge >= 0.3 is 5.97 Å². The Bertz CT molecular complexity index is 294. The number of aromatic amines is 1. The molecule has 0 aromatic carbocycles. The van der Waals surface area contributed by atoms with Gasteiger partial charge in [0.05, 0.1) is 6.42 Å². The fraction of sp³-hybridized carbons (Fsp3) is 0.600. The number of hydrogen-bond acceptors (Lipinski definition) is 2. The van der Waals surface area contributed by atoms with Gasteiger partial charge in [0.25, 0.3) is 0 Å². The first kappa shape index (κ1) is 10.8. The molecule has 0 aliphatic heterocycles. The minimum Gasteiger partial charge on any atom is -0.481 e. The van der Waals surface area contributed by atoms with Crippen molar-refractivity contribution in [2.75, 3.05) is 0 Å². The maximum absolute atomic E-state index is 10.3. The number of nitrogens with zero attached hydrogens (tertiary/aromatic N) is 1. The number of hydrogen-bond donors (Lipinski definition) is 2. The zero-order valence-corrected chi connectivity index (χ0v) is 8.42. The summed E-state index contributed by atoms with van der Waals surface area (Å²) in [7, 11) is 0. The van der Waals surface area contributed by atoms with Gasteiger partial charge in [-0.2, -0.15) is 0 Å². The maximum atomic E-state index is 10.3. The largest absolute Gasteiger partial charge is 0.481 e. The number of imidazole rings is 1. The molecule has 1 rings (SSSR count). The molecule has 1 aromatic heterocycles. The van der Waals surface area contributed by atoms with Gasteiger partial charge in [0.1, 0.15) is 5.82 Å². The number of nitrogens with one attached hydrogen (secondary N) is 1. The average Bonchev–Trinajstić information content (AvgIpc) is 2.59. The van der Waals surface area contributed by atoms with E-state index < -0.39 is 5.97 Å². The molecule has 0 atom stereocenters. The monoisotopic (exact) mass is 196 g/mol. The van der Waals surface area contributed by atoms with Crippen LogP contribution in [-0.4, -0.2) is 21.0 Å². The quantitative estimate of drug-likeness (QED) is 0.728. The molecular weight excluding hydrogens is 180 g/mol. The Morgan fingerprint density at radius 2 is 2.36 bits per heavy atom. The molecule has 4 nitrogen and oxygen atoms in total. The van der Waals surface area contributed by atoms with Crippen molar-refractivity contribution in [1.82, 2.24) is 9.97 Å². The highest BCUT2D eigenvalue weighted by Crippen LogP contribution is 2.04. The van der Waals surface area contributed by atoms with Gasteiger partial charge in [0.2, 0.25) is 0 Å². The second-order valence-corrected chi connectivity index (χ2v) is 3.35. The molecule has 0 amide bonds. The highest BCUT2D eigenvalue weighted by Gasteiger charge is 2.02. The van der Waals surface area contributed by atoms with Gasteiger partial charge in [0, 0.05) is 18.3 Å². The Kier molecular flexibility index (Phi) is 4.16. The number of rotatable bonds is 6. The number of carboxylic acids is 1. The molecule has 0 radical (unpaired) electrons. The Hall–Kier alpha value is -1.32. The fourth-order valence-corrected chi connectivity index (χ4v) is 1.25. The number of carbonyl (C=O) groups is 1. The van der Waals surface area contributed by atoms with E-state index in [-0.39, 0.29) is 6.42 Å². The van der Waals surface area contributed by atoms with Gasteiger partial charge in [-0.05, 0) is 12.8 Å². The van der Waals surface area contributed by atoms with E-state index in [1.807, 2.05) is 0 Å². The van der Waals surface area contributed by atoms with Crippen molar-refractivity contribution in [1.29, 1.82) is 0 Å². The number of aromatic nitrogens is 2. The van der Waals surface area contributed by atoms with Gasteiger partial charge in [-0.15, -0.1) is 0 Å². The first-order valence-corrected chi connectivity index (χ1v) is 4.97. The van der Waals surface area contributed by atoms with Crippen LogP contribution in [0.1, 0.15) is 37.7 Å². The lowest BCUT2D eigenvalue weighted by atomic mass is 10.2. The molecule has 0 saturated carbocycles. The standard InChI is InChI=1S/C10H16N2O2/c1-2-3-4-9-11-7-8(12-9)5-6-10(13)14/h7H,2-6H2,1H3,(H,11,12)(H,13,14). The van der Waals surface area contributed by atoms with Crippen LogP contribution >= 0.6 is 0 Å². The van der Waals surface area contributed by atoms with Crippen LogP contribution < -0.4 is 0 Å². The number of aliphatic carboxylic acids is 1. The third-order valence-electron chi connectivity index (χ3n) is 2.06. The molecule has 1 aromatic rings. The van der Waals surface area contributed by atoms with Crippen LogP contribution in [0.5, 0.6) is 0 Å². The Balaban J connectivity index is 2.38. The SMILES string of the molecule is CCCCc1ncc(CCC(=O)O)[nH]1. The van der Waals surface area contributed by atoms with E-state index in [1.165, 1.54) is 0 Å². The predicted octanol–water partition coefficient (Wildman–Crippen LogP) is 1.77. The van der Waals surface area contributed by atoms with E-state index in [1.54, 1.807) is 6.20 Å².